The number of hydrogen-bond acceptors (Lipinski definition) is 1. The van der Waals surface area contributed by atoms with E-state index in [9.17, 15) is 0 Å². The molecule has 0 aliphatic heterocycles. The fourth-order valence-corrected chi connectivity index (χ4v) is 3.80. The van der Waals surface area contributed by atoms with Gasteiger partial charge in [0.15, 0.2) is 0 Å². The van der Waals surface area contributed by atoms with Crippen LogP contribution in [0.15, 0.2) is 0 Å². The van der Waals surface area contributed by atoms with Crippen LogP contribution in [0.3, 0.4) is 0 Å². The van der Waals surface area contributed by atoms with Crippen molar-refractivity contribution in [1.82, 2.24) is 5.32 Å². The van der Waals surface area contributed by atoms with Crippen molar-refractivity contribution in [1.29, 1.82) is 0 Å². The SMILES string of the molecule is CCC1CCCC(NC2CCCC(C)CC2)C1. The summed E-state index contributed by atoms with van der Waals surface area (Å²) >= 11 is 0. The molecular formula is C16H31N. The fourth-order valence-electron chi connectivity index (χ4n) is 3.80. The summed E-state index contributed by atoms with van der Waals surface area (Å²) in [5, 5.41) is 3.98. The van der Waals surface area contributed by atoms with Gasteiger partial charge in [0, 0.05) is 12.1 Å². The van der Waals surface area contributed by atoms with Crippen LogP contribution in [-0.4, -0.2) is 12.1 Å². The lowest BCUT2D eigenvalue weighted by atomic mass is 9.83. The molecule has 4 unspecified atom stereocenters. The van der Waals surface area contributed by atoms with Crippen molar-refractivity contribution in [2.75, 3.05) is 0 Å². The summed E-state index contributed by atoms with van der Waals surface area (Å²) in [5.41, 5.74) is 0. The van der Waals surface area contributed by atoms with Gasteiger partial charge in [0.05, 0.1) is 0 Å². The van der Waals surface area contributed by atoms with Gasteiger partial charge in [-0.3, -0.25) is 0 Å². The molecule has 0 aromatic rings. The van der Waals surface area contributed by atoms with E-state index >= 15 is 0 Å². The lowest BCUT2D eigenvalue weighted by molar-refractivity contribution is 0.254. The van der Waals surface area contributed by atoms with E-state index in [1.165, 1.54) is 64.2 Å². The highest BCUT2D eigenvalue weighted by Crippen LogP contribution is 2.29. The van der Waals surface area contributed by atoms with Crippen LogP contribution in [0.25, 0.3) is 0 Å². The van der Waals surface area contributed by atoms with Gasteiger partial charge < -0.3 is 5.32 Å². The van der Waals surface area contributed by atoms with Gasteiger partial charge in [0.1, 0.15) is 0 Å². The molecule has 1 heteroatoms. The van der Waals surface area contributed by atoms with E-state index in [1.807, 2.05) is 0 Å². The van der Waals surface area contributed by atoms with Crippen LogP contribution >= 0.6 is 0 Å². The average Bonchev–Trinajstić information content (AvgIpc) is 2.55. The minimum absolute atomic E-state index is 0.834. The molecule has 2 aliphatic carbocycles. The summed E-state index contributed by atoms with van der Waals surface area (Å²) in [6, 6.07) is 1.67. The summed E-state index contributed by atoms with van der Waals surface area (Å²) in [6.07, 6.45) is 14.4. The third kappa shape index (κ3) is 4.28. The molecule has 2 rings (SSSR count). The summed E-state index contributed by atoms with van der Waals surface area (Å²) in [7, 11) is 0. The molecule has 1 nitrogen and oxygen atoms in total. The number of nitrogens with one attached hydrogen (secondary N) is 1. The molecule has 100 valence electrons. The normalized spacial score (nSPS) is 39.9. The van der Waals surface area contributed by atoms with E-state index in [-0.39, 0.29) is 0 Å². The third-order valence-corrected chi connectivity index (χ3v) is 5.09. The van der Waals surface area contributed by atoms with E-state index < -0.39 is 0 Å². The number of rotatable bonds is 3. The van der Waals surface area contributed by atoms with Crippen molar-refractivity contribution in [3.05, 3.63) is 0 Å². The van der Waals surface area contributed by atoms with E-state index in [4.69, 9.17) is 0 Å². The lowest BCUT2D eigenvalue weighted by Crippen LogP contribution is -2.40. The molecule has 0 bridgehead atoms. The smallest absolute Gasteiger partial charge is 0.00722 e. The van der Waals surface area contributed by atoms with E-state index in [2.05, 4.69) is 19.2 Å². The average molecular weight is 237 g/mol. The molecule has 0 aromatic carbocycles. The Morgan fingerprint density at radius 3 is 2.47 bits per heavy atom. The fraction of sp³-hybridized carbons (Fsp3) is 1.00. The minimum atomic E-state index is 0.834. The Kier molecular flexibility index (Phi) is 5.34. The van der Waals surface area contributed by atoms with Gasteiger partial charge in [-0.2, -0.15) is 0 Å². The molecule has 2 fully saturated rings. The van der Waals surface area contributed by atoms with Gasteiger partial charge in [-0.1, -0.05) is 46.0 Å². The van der Waals surface area contributed by atoms with Gasteiger partial charge in [0.25, 0.3) is 0 Å². The second-order valence-electron chi connectivity index (χ2n) is 6.61. The molecule has 2 saturated carbocycles. The Labute approximate surface area is 108 Å². The Morgan fingerprint density at radius 1 is 0.882 bits per heavy atom. The quantitative estimate of drug-likeness (QED) is 0.712. The molecule has 0 radical (unpaired) electrons. The van der Waals surface area contributed by atoms with Crippen LogP contribution < -0.4 is 5.32 Å². The zero-order valence-corrected chi connectivity index (χ0v) is 11.9. The highest BCUT2D eigenvalue weighted by atomic mass is 15.0. The van der Waals surface area contributed by atoms with Crippen LogP contribution in [0.4, 0.5) is 0 Å². The monoisotopic (exact) mass is 237 g/mol. The maximum Gasteiger partial charge on any atom is 0.00722 e. The van der Waals surface area contributed by atoms with Crippen molar-refractivity contribution in [3.8, 4) is 0 Å². The van der Waals surface area contributed by atoms with Crippen molar-refractivity contribution >= 4 is 0 Å². The van der Waals surface area contributed by atoms with E-state index in [1.54, 1.807) is 0 Å². The first-order chi connectivity index (χ1) is 8.28. The lowest BCUT2D eigenvalue weighted by Gasteiger charge is -2.32. The Hall–Kier alpha value is -0.0400. The molecule has 0 amide bonds. The van der Waals surface area contributed by atoms with Crippen LogP contribution in [0.2, 0.25) is 0 Å². The molecule has 17 heavy (non-hydrogen) atoms. The molecule has 0 aromatic heterocycles. The topological polar surface area (TPSA) is 12.0 Å². The summed E-state index contributed by atoms with van der Waals surface area (Å²) in [5.74, 6) is 1.97. The first kappa shape index (κ1) is 13.4. The largest absolute Gasteiger partial charge is 0.311 e. The molecule has 0 heterocycles. The van der Waals surface area contributed by atoms with Gasteiger partial charge in [-0.25, -0.2) is 0 Å². The van der Waals surface area contributed by atoms with Gasteiger partial charge in [-0.05, 0) is 43.9 Å². The molecule has 2 aliphatic rings. The van der Waals surface area contributed by atoms with Crippen LogP contribution in [-0.2, 0) is 0 Å². The van der Waals surface area contributed by atoms with Crippen LogP contribution in [0.5, 0.6) is 0 Å². The zero-order valence-electron chi connectivity index (χ0n) is 11.9. The minimum Gasteiger partial charge on any atom is -0.311 e. The summed E-state index contributed by atoms with van der Waals surface area (Å²) in [4.78, 5) is 0. The molecular weight excluding hydrogens is 206 g/mol. The zero-order chi connectivity index (χ0) is 12.1. The van der Waals surface area contributed by atoms with E-state index in [0.29, 0.717) is 0 Å². The van der Waals surface area contributed by atoms with E-state index in [0.717, 1.165) is 23.9 Å². The van der Waals surface area contributed by atoms with Crippen molar-refractivity contribution in [2.45, 2.75) is 90.1 Å². The van der Waals surface area contributed by atoms with Crippen molar-refractivity contribution in [2.24, 2.45) is 11.8 Å². The van der Waals surface area contributed by atoms with Gasteiger partial charge >= 0.3 is 0 Å². The molecule has 0 spiro atoms. The highest BCUT2D eigenvalue weighted by Gasteiger charge is 2.24. The molecule has 0 saturated heterocycles. The summed E-state index contributed by atoms with van der Waals surface area (Å²) < 4.78 is 0. The Bertz CT molecular complexity index is 214. The van der Waals surface area contributed by atoms with Crippen LogP contribution in [0.1, 0.15) is 78.1 Å². The predicted octanol–water partition coefficient (Wildman–Crippen LogP) is 4.51. The van der Waals surface area contributed by atoms with Crippen molar-refractivity contribution in [3.63, 3.8) is 0 Å². The third-order valence-electron chi connectivity index (χ3n) is 5.09. The highest BCUT2D eigenvalue weighted by molar-refractivity contribution is 4.82. The van der Waals surface area contributed by atoms with Crippen molar-refractivity contribution < 1.29 is 0 Å². The maximum absolute atomic E-state index is 3.98. The van der Waals surface area contributed by atoms with Gasteiger partial charge in [-0.15, -0.1) is 0 Å². The predicted molar refractivity (Wildman–Crippen MR) is 75.2 cm³/mol. The number of hydrogen-bond donors (Lipinski definition) is 1. The summed E-state index contributed by atoms with van der Waals surface area (Å²) in [6.45, 7) is 4.79. The maximum atomic E-state index is 3.98. The van der Waals surface area contributed by atoms with Crippen LogP contribution in [0, 0.1) is 11.8 Å². The second-order valence-corrected chi connectivity index (χ2v) is 6.61. The molecule has 1 N–H and O–H groups in total. The Morgan fingerprint density at radius 2 is 1.65 bits per heavy atom. The first-order valence-electron chi connectivity index (χ1n) is 8.04. The standard InChI is InChI=1S/C16H31N/c1-3-14-7-5-9-16(12-14)17-15-8-4-6-13(2)10-11-15/h13-17H,3-12H2,1-2H3. The molecule has 4 atom stereocenters. The van der Waals surface area contributed by atoms with Gasteiger partial charge in [0.2, 0.25) is 0 Å². The first-order valence-corrected chi connectivity index (χ1v) is 8.04. The second kappa shape index (κ2) is 6.78. The Balaban J connectivity index is 1.75.